The molecule has 0 aromatic carbocycles. The van der Waals surface area contributed by atoms with E-state index in [9.17, 15) is 9.90 Å². The maximum absolute atomic E-state index is 11.9. The number of carbonyl (C=O) groups is 1. The van der Waals surface area contributed by atoms with E-state index >= 15 is 0 Å². The van der Waals surface area contributed by atoms with Crippen molar-refractivity contribution < 1.29 is 9.90 Å². The van der Waals surface area contributed by atoms with Crippen LogP contribution in [-0.2, 0) is 4.79 Å². The van der Waals surface area contributed by atoms with Crippen LogP contribution in [0.25, 0.3) is 0 Å². The lowest BCUT2D eigenvalue weighted by molar-refractivity contribution is -0.132. The molecule has 4 aliphatic carbocycles. The van der Waals surface area contributed by atoms with Crippen LogP contribution in [-0.4, -0.2) is 16.5 Å². The summed E-state index contributed by atoms with van der Waals surface area (Å²) >= 11 is 0. The van der Waals surface area contributed by atoms with Crippen LogP contribution < -0.4 is 0 Å². The summed E-state index contributed by atoms with van der Waals surface area (Å²) in [5.41, 5.74) is 1.27. The second-order valence-electron chi connectivity index (χ2n) is 9.79. The smallest absolute Gasteiger partial charge is 0.155 e. The molecule has 3 fully saturated rings. The molecule has 1 N–H and O–H groups in total. The zero-order chi connectivity index (χ0) is 16.6. The van der Waals surface area contributed by atoms with Crippen molar-refractivity contribution in [2.75, 3.05) is 0 Å². The number of carbonyl (C=O) groups excluding carboxylic acids is 1. The predicted octanol–water partition coefficient (Wildman–Crippen LogP) is 4.52. The van der Waals surface area contributed by atoms with Crippen LogP contribution in [0.5, 0.6) is 0 Å². The fourth-order valence-corrected chi connectivity index (χ4v) is 7.15. The van der Waals surface area contributed by atoms with E-state index in [-0.39, 0.29) is 10.8 Å². The van der Waals surface area contributed by atoms with Crippen LogP contribution in [0.4, 0.5) is 0 Å². The Morgan fingerprint density at radius 2 is 1.78 bits per heavy atom. The van der Waals surface area contributed by atoms with Crippen LogP contribution in [0.2, 0.25) is 0 Å². The van der Waals surface area contributed by atoms with Crippen molar-refractivity contribution >= 4 is 5.78 Å². The molecule has 0 saturated heterocycles. The maximum atomic E-state index is 11.9. The van der Waals surface area contributed by atoms with Gasteiger partial charge in [-0.1, -0.05) is 26.3 Å². The average Bonchev–Trinajstić information content (AvgIpc) is 2.72. The van der Waals surface area contributed by atoms with Crippen molar-refractivity contribution in [2.24, 2.45) is 34.5 Å². The van der Waals surface area contributed by atoms with E-state index in [4.69, 9.17) is 0 Å². The molecular formula is C21H32O2. The normalized spacial score (nSPS) is 55.7. The topological polar surface area (TPSA) is 37.3 Å². The van der Waals surface area contributed by atoms with Gasteiger partial charge in [0.15, 0.2) is 5.78 Å². The standard InChI is InChI=1S/C21H32O2/c1-13-11-14-12-15(22)5-8-19(14,2)16-6-9-20(3)17(18(13)16)7-10-21(20,4)23/h12-13,16-18,23H,5-11H2,1-4H3/t13?,16?,17?,18?,19?,20?,21-/m0/s1. The Labute approximate surface area is 140 Å². The number of fused-ring (bicyclic) bond motifs is 5. The number of rotatable bonds is 0. The number of allylic oxidation sites excluding steroid dienone is 1. The van der Waals surface area contributed by atoms with Gasteiger partial charge in [-0.3, -0.25) is 4.79 Å². The highest BCUT2D eigenvalue weighted by molar-refractivity contribution is 5.91. The molecule has 2 nitrogen and oxygen atoms in total. The first kappa shape index (κ1) is 15.9. The van der Waals surface area contributed by atoms with Gasteiger partial charge in [0.05, 0.1) is 5.60 Å². The molecule has 3 saturated carbocycles. The highest BCUT2D eigenvalue weighted by Crippen LogP contribution is 2.68. The Morgan fingerprint density at radius 3 is 2.52 bits per heavy atom. The summed E-state index contributed by atoms with van der Waals surface area (Å²) in [5.74, 6) is 3.06. The number of ketones is 1. The van der Waals surface area contributed by atoms with E-state index in [0.717, 1.165) is 38.0 Å². The van der Waals surface area contributed by atoms with Gasteiger partial charge in [-0.2, -0.15) is 0 Å². The molecule has 4 rings (SSSR count). The van der Waals surface area contributed by atoms with Gasteiger partial charge in [0.1, 0.15) is 0 Å². The second kappa shape index (κ2) is 4.71. The minimum atomic E-state index is -0.498. The number of hydrogen-bond acceptors (Lipinski definition) is 2. The van der Waals surface area contributed by atoms with Crippen LogP contribution in [0.1, 0.15) is 72.6 Å². The Bertz CT molecular complexity index is 574. The van der Waals surface area contributed by atoms with Crippen molar-refractivity contribution in [2.45, 2.75) is 78.2 Å². The summed E-state index contributed by atoms with van der Waals surface area (Å²) in [4.78, 5) is 11.9. The molecule has 128 valence electrons. The van der Waals surface area contributed by atoms with Gasteiger partial charge >= 0.3 is 0 Å². The second-order valence-corrected chi connectivity index (χ2v) is 9.79. The van der Waals surface area contributed by atoms with E-state index < -0.39 is 5.60 Å². The lowest BCUT2D eigenvalue weighted by Gasteiger charge is -2.60. The molecule has 0 aromatic rings. The van der Waals surface area contributed by atoms with E-state index in [1.165, 1.54) is 18.4 Å². The highest BCUT2D eigenvalue weighted by atomic mass is 16.3. The fraction of sp³-hybridized carbons (Fsp3) is 0.857. The molecule has 0 spiro atoms. The monoisotopic (exact) mass is 316 g/mol. The van der Waals surface area contributed by atoms with Gasteiger partial charge in [0.25, 0.3) is 0 Å². The molecular weight excluding hydrogens is 284 g/mol. The molecule has 4 aliphatic rings. The third-order valence-electron chi connectivity index (χ3n) is 8.87. The van der Waals surface area contributed by atoms with E-state index in [2.05, 4.69) is 27.7 Å². The number of aliphatic hydroxyl groups is 1. The minimum Gasteiger partial charge on any atom is -0.390 e. The molecule has 0 heterocycles. The van der Waals surface area contributed by atoms with Crippen LogP contribution in [0.3, 0.4) is 0 Å². The Kier molecular flexibility index (Phi) is 3.25. The summed E-state index contributed by atoms with van der Waals surface area (Å²) in [7, 11) is 0. The van der Waals surface area contributed by atoms with E-state index in [0.29, 0.717) is 23.5 Å². The zero-order valence-electron chi connectivity index (χ0n) is 15.2. The van der Waals surface area contributed by atoms with Crippen molar-refractivity contribution in [3.63, 3.8) is 0 Å². The Morgan fingerprint density at radius 1 is 1.09 bits per heavy atom. The van der Waals surface area contributed by atoms with Crippen LogP contribution in [0.15, 0.2) is 11.6 Å². The zero-order valence-corrected chi connectivity index (χ0v) is 15.2. The molecule has 0 aromatic heterocycles. The van der Waals surface area contributed by atoms with E-state index in [1.807, 2.05) is 6.08 Å². The van der Waals surface area contributed by atoms with Crippen LogP contribution in [0, 0.1) is 34.5 Å². The molecule has 6 unspecified atom stereocenters. The molecule has 0 amide bonds. The third kappa shape index (κ3) is 1.94. The summed E-state index contributed by atoms with van der Waals surface area (Å²) in [6.07, 6.45) is 9.39. The molecule has 7 atom stereocenters. The van der Waals surface area contributed by atoms with Gasteiger partial charge in [0, 0.05) is 6.42 Å². The molecule has 23 heavy (non-hydrogen) atoms. The molecule has 0 radical (unpaired) electrons. The van der Waals surface area contributed by atoms with Gasteiger partial charge in [-0.05, 0) is 86.0 Å². The van der Waals surface area contributed by atoms with Crippen LogP contribution >= 0.6 is 0 Å². The fourth-order valence-electron chi connectivity index (χ4n) is 7.15. The SMILES string of the molecule is CC1CC2=CC(=O)CCC2(C)C2CCC3(C)C(CC[C@]3(C)O)C12. The Balaban J connectivity index is 1.74. The lowest BCUT2D eigenvalue weighted by atomic mass is 9.44. The summed E-state index contributed by atoms with van der Waals surface area (Å²) in [5, 5.41) is 11.0. The van der Waals surface area contributed by atoms with Gasteiger partial charge in [-0.15, -0.1) is 0 Å². The first-order valence-corrected chi connectivity index (χ1v) is 9.65. The van der Waals surface area contributed by atoms with Crippen molar-refractivity contribution in [3.8, 4) is 0 Å². The largest absolute Gasteiger partial charge is 0.390 e. The van der Waals surface area contributed by atoms with Gasteiger partial charge in [0.2, 0.25) is 0 Å². The first-order chi connectivity index (χ1) is 10.7. The van der Waals surface area contributed by atoms with Gasteiger partial charge < -0.3 is 5.11 Å². The molecule has 0 bridgehead atoms. The maximum Gasteiger partial charge on any atom is 0.155 e. The van der Waals surface area contributed by atoms with Crippen molar-refractivity contribution in [1.29, 1.82) is 0 Å². The van der Waals surface area contributed by atoms with Crippen molar-refractivity contribution in [3.05, 3.63) is 11.6 Å². The quantitative estimate of drug-likeness (QED) is 0.713. The van der Waals surface area contributed by atoms with E-state index in [1.54, 1.807) is 0 Å². The highest BCUT2D eigenvalue weighted by Gasteiger charge is 2.63. The summed E-state index contributed by atoms with van der Waals surface area (Å²) < 4.78 is 0. The number of hydrogen-bond donors (Lipinski definition) is 1. The first-order valence-electron chi connectivity index (χ1n) is 9.65. The Hall–Kier alpha value is -0.630. The summed E-state index contributed by atoms with van der Waals surface area (Å²) in [6.45, 7) is 9.26. The average molecular weight is 316 g/mol. The molecule has 0 aliphatic heterocycles. The predicted molar refractivity (Wildman–Crippen MR) is 91.9 cm³/mol. The van der Waals surface area contributed by atoms with Gasteiger partial charge in [-0.25, -0.2) is 0 Å². The minimum absolute atomic E-state index is 0.0878. The summed E-state index contributed by atoms with van der Waals surface area (Å²) in [6, 6.07) is 0. The third-order valence-corrected chi connectivity index (χ3v) is 8.87. The molecule has 2 heteroatoms. The van der Waals surface area contributed by atoms with Crippen molar-refractivity contribution in [1.82, 2.24) is 0 Å². The lowest BCUT2D eigenvalue weighted by Crippen LogP contribution is -2.55.